The summed E-state index contributed by atoms with van der Waals surface area (Å²) in [5.41, 5.74) is 7.15. The average molecular weight is 414 g/mol. The fourth-order valence-electron chi connectivity index (χ4n) is 1.71. The van der Waals surface area contributed by atoms with Gasteiger partial charge < -0.3 is 15.8 Å². The minimum absolute atomic E-state index is 0.0547. The van der Waals surface area contributed by atoms with Crippen molar-refractivity contribution >= 4 is 51.6 Å². The molecular weight excluding hydrogens is 399 g/mol. The molecule has 110 valence electrons. The summed E-state index contributed by atoms with van der Waals surface area (Å²) < 4.78 is 6.34. The molecule has 0 aliphatic rings. The molecule has 2 aromatic carbocycles. The summed E-state index contributed by atoms with van der Waals surface area (Å²) >= 11 is 3.63. The number of rotatable bonds is 5. The summed E-state index contributed by atoms with van der Waals surface area (Å²) in [4.78, 5) is 12.9. The van der Waals surface area contributed by atoms with Gasteiger partial charge in [-0.05, 0) is 52.9 Å². The Kier molecular flexibility index (Phi) is 5.75. The summed E-state index contributed by atoms with van der Waals surface area (Å²) in [6.45, 7) is 0. The first-order chi connectivity index (χ1) is 10.1. The molecule has 0 heterocycles. The normalized spacial score (nSPS) is 10.2. The number of halogens is 1. The number of hydrogen-bond acceptors (Lipinski definition) is 4. The minimum Gasteiger partial charge on any atom is -0.496 e. The van der Waals surface area contributed by atoms with Crippen LogP contribution in [-0.2, 0) is 4.79 Å². The summed E-state index contributed by atoms with van der Waals surface area (Å²) in [6.07, 6.45) is 0. The number of carbonyl (C=O) groups is 1. The topological polar surface area (TPSA) is 64.3 Å². The van der Waals surface area contributed by atoms with Crippen molar-refractivity contribution in [2.75, 3.05) is 23.9 Å². The van der Waals surface area contributed by atoms with E-state index < -0.39 is 0 Å². The maximum Gasteiger partial charge on any atom is 0.234 e. The highest BCUT2D eigenvalue weighted by Crippen LogP contribution is 2.31. The van der Waals surface area contributed by atoms with Gasteiger partial charge in [0, 0.05) is 25.9 Å². The molecule has 3 N–H and O–H groups in total. The maximum absolute atomic E-state index is 12.0. The number of benzene rings is 2. The molecule has 6 heteroatoms. The summed E-state index contributed by atoms with van der Waals surface area (Å²) in [5.74, 6) is 0.939. The molecule has 2 rings (SSSR count). The first-order valence-corrected chi connectivity index (χ1v) is 8.26. The standard InChI is InChI=1S/C15H15IN2O2S/c1-20-13-8-11(17)5-6-14(13)21-9-15(19)18-12-4-2-3-10(16)7-12/h2-8H,9,17H2,1H3,(H,18,19). The van der Waals surface area contributed by atoms with Crippen LogP contribution in [0.15, 0.2) is 47.4 Å². The maximum atomic E-state index is 12.0. The van der Waals surface area contributed by atoms with Gasteiger partial charge in [-0.2, -0.15) is 0 Å². The molecule has 0 aliphatic heterocycles. The van der Waals surface area contributed by atoms with Gasteiger partial charge in [-0.3, -0.25) is 4.79 Å². The summed E-state index contributed by atoms with van der Waals surface area (Å²) in [7, 11) is 1.59. The molecule has 4 nitrogen and oxygen atoms in total. The van der Waals surface area contributed by atoms with E-state index in [1.54, 1.807) is 19.2 Å². The number of thioether (sulfide) groups is 1. The van der Waals surface area contributed by atoms with Crippen LogP contribution in [0, 0.1) is 3.57 Å². The Hall–Kier alpha value is -1.41. The quantitative estimate of drug-likeness (QED) is 0.446. The van der Waals surface area contributed by atoms with E-state index in [0.29, 0.717) is 17.2 Å². The lowest BCUT2D eigenvalue weighted by molar-refractivity contribution is -0.113. The Morgan fingerprint density at radius 2 is 2.14 bits per heavy atom. The molecule has 0 saturated heterocycles. The van der Waals surface area contributed by atoms with E-state index in [1.807, 2.05) is 30.3 Å². The van der Waals surface area contributed by atoms with Crippen LogP contribution in [0.4, 0.5) is 11.4 Å². The third-order valence-electron chi connectivity index (χ3n) is 2.65. The van der Waals surface area contributed by atoms with Crippen LogP contribution in [0.5, 0.6) is 5.75 Å². The first-order valence-electron chi connectivity index (χ1n) is 6.20. The molecule has 0 aromatic heterocycles. The second-order valence-corrected chi connectivity index (χ2v) is 6.52. The Morgan fingerprint density at radius 3 is 2.86 bits per heavy atom. The molecule has 0 fully saturated rings. The predicted octanol–water partition coefficient (Wildman–Crippen LogP) is 3.61. The molecule has 0 spiro atoms. The van der Waals surface area contributed by atoms with Crippen molar-refractivity contribution in [1.82, 2.24) is 0 Å². The highest BCUT2D eigenvalue weighted by Gasteiger charge is 2.08. The Morgan fingerprint density at radius 1 is 1.33 bits per heavy atom. The van der Waals surface area contributed by atoms with Crippen LogP contribution in [0.1, 0.15) is 0 Å². The molecule has 2 aromatic rings. The Labute approximate surface area is 141 Å². The number of carbonyl (C=O) groups excluding carboxylic acids is 1. The van der Waals surface area contributed by atoms with Crippen LogP contribution < -0.4 is 15.8 Å². The van der Waals surface area contributed by atoms with E-state index in [-0.39, 0.29) is 5.91 Å². The highest BCUT2D eigenvalue weighted by atomic mass is 127. The van der Waals surface area contributed by atoms with Crippen molar-refractivity contribution < 1.29 is 9.53 Å². The Balaban J connectivity index is 1.95. The zero-order chi connectivity index (χ0) is 15.2. The summed E-state index contributed by atoms with van der Waals surface area (Å²) in [6, 6.07) is 13.1. The van der Waals surface area contributed by atoms with Gasteiger partial charge in [0.15, 0.2) is 0 Å². The van der Waals surface area contributed by atoms with Crippen LogP contribution in [0.3, 0.4) is 0 Å². The third kappa shape index (κ3) is 4.82. The second-order valence-electron chi connectivity index (χ2n) is 4.26. The largest absolute Gasteiger partial charge is 0.496 e. The molecule has 0 unspecified atom stereocenters. The van der Waals surface area contributed by atoms with Crippen LogP contribution in [0.2, 0.25) is 0 Å². The molecule has 0 radical (unpaired) electrons. The van der Waals surface area contributed by atoms with Crippen molar-refractivity contribution in [2.24, 2.45) is 0 Å². The van der Waals surface area contributed by atoms with Gasteiger partial charge in [0.05, 0.1) is 12.9 Å². The number of methoxy groups -OCH3 is 1. The number of nitrogens with two attached hydrogens (primary N) is 1. The number of ether oxygens (including phenoxy) is 1. The van der Waals surface area contributed by atoms with Crippen molar-refractivity contribution in [1.29, 1.82) is 0 Å². The second kappa shape index (κ2) is 7.56. The van der Waals surface area contributed by atoms with Crippen LogP contribution in [-0.4, -0.2) is 18.8 Å². The third-order valence-corrected chi connectivity index (χ3v) is 4.38. The average Bonchev–Trinajstić information content (AvgIpc) is 2.45. The van der Waals surface area contributed by atoms with Gasteiger partial charge in [-0.25, -0.2) is 0 Å². The molecule has 0 atom stereocenters. The van der Waals surface area contributed by atoms with Crippen molar-refractivity contribution in [3.8, 4) is 5.75 Å². The van der Waals surface area contributed by atoms with E-state index >= 15 is 0 Å². The fourth-order valence-corrected chi connectivity index (χ4v) is 3.06. The van der Waals surface area contributed by atoms with E-state index in [4.69, 9.17) is 10.5 Å². The Bertz CT molecular complexity index is 649. The van der Waals surface area contributed by atoms with E-state index in [2.05, 4.69) is 27.9 Å². The number of nitrogens with one attached hydrogen (secondary N) is 1. The van der Waals surface area contributed by atoms with Gasteiger partial charge in [-0.15, -0.1) is 11.8 Å². The molecule has 0 saturated carbocycles. The fraction of sp³-hybridized carbons (Fsp3) is 0.133. The van der Waals surface area contributed by atoms with Crippen LogP contribution >= 0.6 is 34.4 Å². The summed E-state index contributed by atoms with van der Waals surface area (Å²) in [5, 5.41) is 2.87. The lowest BCUT2D eigenvalue weighted by Gasteiger charge is -2.09. The van der Waals surface area contributed by atoms with Crippen molar-refractivity contribution in [2.45, 2.75) is 4.90 Å². The zero-order valence-corrected chi connectivity index (χ0v) is 14.4. The SMILES string of the molecule is COc1cc(N)ccc1SCC(=O)Nc1cccc(I)c1. The number of anilines is 2. The molecular formula is C15H15IN2O2S. The number of amides is 1. The van der Waals surface area contributed by atoms with E-state index in [1.165, 1.54) is 11.8 Å². The molecule has 0 aliphatic carbocycles. The smallest absolute Gasteiger partial charge is 0.234 e. The van der Waals surface area contributed by atoms with Gasteiger partial charge in [0.2, 0.25) is 5.91 Å². The molecule has 21 heavy (non-hydrogen) atoms. The predicted molar refractivity (Wildman–Crippen MR) is 95.9 cm³/mol. The van der Waals surface area contributed by atoms with Gasteiger partial charge in [-0.1, -0.05) is 6.07 Å². The lowest BCUT2D eigenvalue weighted by atomic mass is 10.3. The monoisotopic (exact) mass is 414 g/mol. The van der Waals surface area contributed by atoms with Crippen LogP contribution in [0.25, 0.3) is 0 Å². The minimum atomic E-state index is -0.0547. The van der Waals surface area contributed by atoms with Gasteiger partial charge in [0.1, 0.15) is 5.75 Å². The number of nitrogen functional groups attached to an aromatic ring is 1. The van der Waals surface area contributed by atoms with Crippen molar-refractivity contribution in [3.63, 3.8) is 0 Å². The van der Waals surface area contributed by atoms with E-state index in [9.17, 15) is 4.79 Å². The highest BCUT2D eigenvalue weighted by molar-refractivity contribution is 14.1. The number of hydrogen-bond donors (Lipinski definition) is 2. The first kappa shape index (κ1) is 16.0. The molecule has 0 bridgehead atoms. The zero-order valence-electron chi connectivity index (χ0n) is 11.4. The van der Waals surface area contributed by atoms with Crippen molar-refractivity contribution in [3.05, 3.63) is 46.0 Å². The van der Waals surface area contributed by atoms with E-state index in [0.717, 1.165) is 14.2 Å². The van der Waals surface area contributed by atoms with Gasteiger partial charge in [0.25, 0.3) is 0 Å². The lowest BCUT2D eigenvalue weighted by Crippen LogP contribution is -2.14. The molecule has 1 amide bonds. The van der Waals surface area contributed by atoms with Gasteiger partial charge >= 0.3 is 0 Å².